The molecule has 0 aliphatic carbocycles. The van der Waals surface area contributed by atoms with Crippen LogP contribution in [-0.4, -0.2) is 43.8 Å². The molecular weight excluding hydrogens is 340 g/mol. The number of rotatable bonds is 5. The topological polar surface area (TPSA) is 83.9 Å². The maximum atomic E-state index is 12.6. The van der Waals surface area contributed by atoms with Crippen LogP contribution >= 0.6 is 0 Å². The fourth-order valence-corrected chi connectivity index (χ4v) is 3.23. The van der Waals surface area contributed by atoms with Crippen molar-refractivity contribution in [3.8, 4) is 0 Å². The van der Waals surface area contributed by atoms with Gasteiger partial charge in [-0.2, -0.15) is 0 Å². The van der Waals surface area contributed by atoms with Crippen LogP contribution in [-0.2, 0) is 11.2 Å². The number of aromatic nitrogens is 4. The van der Waals surface area contributed by atoms with Gasteiger partial charge in [0.05, 0.1) is 12.1 Å². The zero-order valence-corrected chi connectivity index (χ0v) is 14.8. The molecule has 0 radical (unpaired) electrons. The van der Waals surface area contributed by atoms with Gasteiger partial charge in [-0.1, -0.05) is 30.3 Å². The standard InChI is InChI=1S/C20H20N6O/c27-18(13-15-5-2-1-3-6-15)26-12-8-16(14-26)17-7-11-23-20(24-17)25-19-21-9-4-10-22-19/h1-7,9-11,16H,8,12-14H2,(H,21,22,23,24,25)/t16-/m0/s1. The van der Waals surface area contributed by atoms with Gasteiger partial charge >= 0.3 is 0 Å². The Labute approximate surface area is 157 Å². The summed E-state index contributed by atoms with van der Waals surface area (Å²) in [5.74, 6) is 1.30. The second kappa shape index (κ2) is 7.90. The van der Waals surface area contributed by atoms with E-state index in [0.29, 0.717) is 24.9 Å². The van der Waals surface area contributed by atoms with Gasteiger partial charge < -0.3 is 4.90 Å². The lowest BCUT2D eigenvalue weighted by Gasteiger charge is -2.16. The lowest BCUT2D eigenvalue weighted by Crippen LogP contribution is -2.29. The highest BCUT2D eigenvalue weighted by atomic mass is 16.2. The van der Waals surface area contributed by atoms with E-state index in [9.17, 15) is 4.79 Å². The smallest absolute Gasteiger partial charge is 0.229 e. The van der Waals surface area contributed by atoms with Gasteiger partial charge in [-0.25, -0.2) is 19.9 Å². The van der Waals surface area contributed by atoms with Crippen LogP contribution in [0.1, 0.15) is 23.6 Å². The van der Waals surface area contributed by atoms with Gasteiger partial charge in [-0.3, -0.25) is 10.1 Å². The van der Waals surface area contributed by atoms with Crippen LogP contribution in [0.5, 0.6) is 0 Å². The van der Waals surface area contributed by atoms with E-state index in [2.05, 4.69) is 25.3 Å². The molecule has 136 valence electrons. The zero-order chi connectivity index (χ0) is 18.5. The Morgan fingerprint density at radius 3 is 2.59 bits per heavy atom. The van der Waals surface area contributed by atoms with Gasteiger partial charge in [0.15, 0.2) is 0 Å². The maximum Gasteiger partial charge on any atom is 0.229 e. The Bertz CT molecular complexity index is 903. The molecule has 4 rings (SSSR count). The Morgan fingerprint density at radius 1 is 1.00 bits per heavy atom. The molecule has 1 aliphatic heterocycles. The molecule has 1 aromatic carbocycles. The molecule has 1 aliphatic rings. The van der Waals surface area contributed by atoms with E-state index >= 15 is 0 Å². The van der Waals surface area contributed by atoms with Crippen LogP contribution in [0, 0.1) is 0 Å². The monoisotopic (exact) mass is 360 g/mol. The van der Waals surface area contributed by atoms with Crippen LogP contribution in [0.4, 0.5) is 11.9 Å². The van der Waals surface area contributed by atoms with Crippen molar-refractivity contribution in [3.05, 3.63) is 72.3 Å². The second-order valence-corrected chi connectivity index (χ2v) is 6.49. The van der Waals surface area contributed by atoms with E-state index in [4.69, 9.17) is 0 Å². The number of anilines is 2. The third kappa shape index (κ3) is 4.25. The van der Waals surface area contributed by atoms with Crippen molar-refractivity contribution in [2.45, 2.75) is 18.8 Å². The normalized spacial score (nSPS) is 16.3. The van der Waals surface area contributed by atoms with Crippen LogP contribution in [0.2, 0.25) is 0 Å². The molecule has 0 saturated carbocycles. The first-order chi connectivity index (χ1) is 13.3. The minimum atomic E-state index is 0.161. The van der Waals surface area contributed by atoms with Gasteiger partial charge in [-0.15, -0.1) is 0 Å². The first kappa shape index (κ1) is 17.1. The quantitative estimate of drug-likeness (QED) is 0.753. The maximum absolute atomic E-state index is 12.6. The van der Waals surface area contributed by atoms with E-state index in [1.807, 2.05) is 41.3 Å². The number of carbonyl (C=O) groups excluding carboxylic acids is 1. The number of hydrogen-bond acceptors (Lipinski definition) is 6. The summed E-state index contributed by atoms with van der Waals surface area (Å²) in [4.78, 5) is 31.6. The minimum Gasteiger partial charge on any atom is -0.342 e. The molecule has 0 spiro atoms. The summed E-state index contributed by atoms with van der Waals surface area (Å²) >= 11 is 0. The zero-order valence-electron chi connectivity index (χ0n) is 14.8. The Hall–Kier alpha value is -3.35. The lowest BCUT2D eigenvalue weighted by molar-refractivity contribution is -0.129. The highest BCUT2D eigenvalue weighted by Crippen LogP contribution is 2.27. The molecule has 0 unspecified atom stereocenters. The average molecular weight is 360 g/mol. The number of nitrogens with one attached hydrogen (secondary N) is 1. The Kier molecular flexibility index (Phi) is 5.00. The molecule has 1 fully saturated rings. The highest BCUT2D eigenvalue weighted by molar-refractivity contribution is 5.79. The average Bonchev–Trinajstić information content (AvgIpc) is 3.20. The molecule has 0 bridgehead atoms. The van der Waals surface area contributed by atoms with Crippen LogP contribution in [0.3, 0.4) is 0 Å². The molecule has 1 saturated heterocycles. The molecule has 7 heteroatoms. The van der Waals surface area contributed by atoms with E-state index < -0.39 is 0 Å². The van der Waals surface area contributed by atoms with Gasteiger partial charge in [0.2, 0.25) is 17.8 Å². The van der Waals surface area contributed by atoms with Crippen molar-refractivity contribution in [1.29, 1.82) is 0 Å². The summed E-state index contributed by atoms with van der Waals surface area (Å²) in [5.41, 5.74) is 1.97. The Morgan fingerprint density at radius 2 is 1.78 bits per heavy atom. The number of hydrogen-bond donors (Lipinski definition) is 1. The fourth-order valence-electron chi connectivity index (χ4n) is 3.23. The van der Waals surface area contributed by atoms with Gasteiger partial charge in [0.1, 0.15) is 0 Å². The van der Waals surface area contributed by atoms with Crippen molar-refractivity contribution >= 4 is 17.8 Å². The third-order valence-electron chi connectivity index (χ3n) is 4.62. The first-order valence-corrected chi connectivity index (χ1v) is 8.96. The Balaban J connectivity index is 1.40. The molecule has 2 aromatic heterocycles. The van der Waals surface area contributed by atoms with Crippen LogP contribution in [0.15, 0.2) is 61.1 Å². The highest BCUT2D eigenvalue weighted by Gasteiger charge is 2.28. The SMILES string of the molecule is O=C(Cc1ccccc1)N1CC[C@H](c2ccnc(Nc3ncccn3)n2)C1. The largest absolute Gasteiger partial charge is 0.342 e. The van der Waals surface area contributed by atoms with E-state index in [1.54, 1.807) is 24.7 Å². The molecule has 1 amide bonds. The molecule has 1 atom stereocenters. The predicted molar refractivity (Wildman–Crippen MR) is 101 cm³/mol. The van der Waals surface area contributed by atoms with Crippen LogP contribution < -0.4 is 5.32 Å². The summed E-state index contributed by atoms with van der Waals surface area (Å²) in [6, 6.07) is 13.5. The van der Waals surface area contributed by atoms with Gasteiger partial charge in [0, 0.05) is 37.6 Å². The van der Waals surface area contributed by atoms with E-state index in [0.717, 1.165) is 24.2 Å². The number of likely N-dealkylation sites (tertiary alicyclic amines) is 1. The lowest BCUT2D eigenvalue weighted by atomic mass is 10.1. The van der Waals surface area contributed by atoms with Crippen molar-refractivity contribution in [1.82, 2.24) is 24.8 Å². The van der Waals surface area contributed by atoms with Crippen molar-refractivity contribution in [2.75, 3.05) is 18.4 Å². The van der Waals surface area contributed by atoms with E-state index in [1.165, 1.54) is 0 Å². The molecule has 3 aromatic rings. The summed E-state index contributed by atoms with van der Waals surface area (Å²) in [6.45, 7) is 1.44. The minimum absolute atomic E-state index is 0.161. The first-order valence-electron chi connectivity index (χ1n) is 8.96. The number of benzene rings is 1. The number of amides is 1. The number of nitrogens with zero attached hydrogens (tertiary/aromatic N) is 5. The molecular formula is C20H20N6O. The fraction of sp³-hybridized carbons (Fsp3) is 0.250. The molecule has 7 nitrogen and oxygen atoms in total. The molecule has 27 heavy (non-hydrogen) atoms. The third-order valence-corrected chi connectivity index (χ3v) is 4.62. The summed E-state index contributed by atoms with van der Waals surface area (Å²) in [7, 11) is 0. The van der Waals surface area contributed by atoms with E-state index in [-0.39, 0.29) is 11.8 Å². The number of carbonyl (C=O) groups is 1. The van der Waals surface area contributed by atoms with Gasteiger partial charge in [-0.05, 0) is 24.1 Å². The predicted octanol–water partition coefficient (Wildman–Crippen LogP) is 2.57. The second-order valence-electron chi connectivity index (χ2n) is 6.49. The van der Waals surface area contributed by atoms with Crippen LogP contribution in [0.25, 0.3) is 0 Å². The summed E-state index contributed by atoms with van der Waals surface area (Å²) < 4.78 is 0. The van der Waals surface area contributed by atoms with Crippen molar-refractivity contribution < 1.29 is 4.79 Å². The summed E-state index contributed by atoms with van der Waals surface area (Å²) in [5, 5.41) is 3.01. The molecule has 1 N–H and O–H groups in total. The van der Waals surface area contributed by atoms with Gasteiger partial charge in [0.25, 0.3) is 0 Å². The molecule has 3 heterocycles. The van der Waals surface area contributed by atoms with Crippen molar-refractivity contribution in [3.63, 3.8) is 0 Å². The summed E-state index contributed by atoms with van der Waals surface area (Å²) in [6.07, 6.45) is 6.38. The van der Waals surface area contributed by atoms with Crippen molar-refractivity contribution in [2.24, 2.45) is 0 Å².